The molecule has 1 aliphatic carbocycles. The third-order valence-electron chi connectivity index (χ3n) is 4.25. The molecule has 0 aromatic carbocycles. The molecule has 0 radical (unpaired) electrons. The molecule has 116 valence electrons. The fourth-order valence-corrected chi connectivity index (χ4v) is 2.98. The summed E-state index contributed by atoms with van der Waals surface area (Å²) in [5.74, 6) is -0.336. The van der Waals surface area contributed by atoms with E-state index < -0.39 is 17.9 Å². The van der Waals surface area contributed by atoms with Crippen molar-refractivity contribution >= 4 is 11.9 Å². The van der Waals surface area contributed by atoms with E-state index in [1.165, 1.54) is 19.3 Å². The normalized spacial score (nSPS) is 22.6. The second-order valence-corrected chi connectivity index (χ2v) is 5.59. The van der Waals surface area contributed by atoms with Gasteiger partial charge in [-0.05, 0) is 32.1 Å². The van der Waals surface area contributed by atoms with Gasteiger partial charge in [-0.1, -0.05) is 39.0 Å². The molecule has 0 N–H and O–H groups in total. The van der Waals surface area contributed by atoms with Crippen LogP contribution in [0, 0.1) is 17.8 Å². The van der Waals surface area contributed by atoms with Crippen LogP contribution in [0.2, 0.25) is 0 Å². The van der Waals surface area contributed by atoms with E-state index in [2.05, 4.69) is 6.92 Å². The van der Waals surface area contributed by atoms with Crippen molar-refractivity contribution < 1.29 is 19.1 Å². The number of ether oxygens (including phenoxy) is 2. The highest BCUT2D eigenvalue weighted by atomic mass is 16.6. The lowest BCUT2D eigenvalue weighted by Crippen LogP contribution is -2.31. The first-order valence-corrected chi connectivity index (χ1v) is 7.95. The molecule has 0 spiro atoms. The minimum Gasteiger partial charge on any atom is -0.465 e. The van der Waals surface area contributed by atoms with E-state index in [4.69, 9.17) is 9.47 Å². The summed E-state index contributed by atoms with van der Waals surface area (Å²) in [4.78, 5) is 23.9. The molecule has 0 atom stereocenters. The molecule has 1 fully saturated rings. The Hall–Kier alpha value is -1.06. The van der Waals surface area contributed by atoms with Gasteiger partial charge in [0.25, 0.3) is 0 Å². The Morgan fingerprint density at radius 3 is 1.75 bits per heavy atom. The van der Waals surface area contributed by atoms with Gasteiger partial charge in [-0.2, -0.15) is 0 Å². The lowest BCUT2D eigenvalue weighted by atomic mass is 9.77. The van der Waals surface area contributed by atoms with Crippen LogP contribution in [-0.2, 0) is 19.1 Å². The zero-order valence-corrected chi connectivity index (χ0v) is 13.0. The standard InChI is InChI=1S/C16H28O4/c1-4-12-7-9-13(10-8-12)11-14(15(17)19-5-2)16(18)20-6-3/h12-14H,4-11H2,1-3H3. The summed E-state index contributed by atoms with van der Waals surface area (Å²) < 4.78 is 10.0. The Morgan fingerprint density at radius 1 is 0.900 bits per heavy atom. The number of hydrogen-bond donors (Lipinski definition) is 0. The summed E-state index contributed by atoms with van der Waals surface area (Å²) in [5.41, 5.74) is 0. The van der Waals surface area contributed by atoms with Crippen LogP contribution in [0.25, 0.3) is 0 Å². The molecule has 0 amide bonds. The van der Waals surface area contributed by atoms with E-state index in [0.29, 0.717) is 25.6 Å². The van der Waals surface area contributed by atoms with Crippen molar-refractivity contribution in [2.45, 2.75) is 59.3 Å². The van der Waals surface area contributed by atoms with Gasteiger partial charge in [0.05, 0.1) is 13.2 Å². The second kappa shape index (κ2) is 8.98. The number of hydrogen-bond acceptors (Lipinski definition) is 4. The van der Waals surface area contributed by atoms with Crippen molar-refractivity contribution in [1.82, 2.24) is 0 Å². The van der Waals surface area contributed by atoms with Crippen molar-refractivity contribution in [3.05, 3.63) is 0 Å². The predicted octanol–water partition coefficient (Wildman–Crippen LogP) is 3.34. The summed E-state index contributed by atoms with van der Waals surface area (Å²) in [6, 6.07) is 0. The van der Waals surface area contributed by atoms with Gasteiger partial charge in [-0.25, -0.2) is 0 Å². The molecule has 1 rings (SSSR count). The highest BCUT2D eigenvalue weighted by molar-refractivity contribution is 5.94. The van der Waals surface area contributed by atoms with E-state index >= 15 is 0 Å². The monoisotopic (exact) mass is 284 g/mol. The molecular formula is C16H28O4. The lowest BCUT2D eigenvalue weighted by molar-refractivity contribution is -0.162. The van der Waals surface area contributed by atoms with E-state index in [0.717, 1.165) is 18.8 Å². The molecule has 0 heterocycles. The first kappa shape index (κ1) is 17.0. The van der Waals surface area contributed by atoms with Crippen molar-refractivity contribution in [3.63, 3.8) is 0 Å². The Balaban J connectivity index is 2.56. The Kier molecular flexibility index (Phi) is 7.63. The maximum Gasteiger partial charge on any atom is 0.320 e. The highest BCUT2D eigenvalue weighted by Crippen LogP contribution is 2.34. The van der Waals surface area contributed by atoms with E-state index in [1.54, 1.807) is 13.8 Å². The van der Waals surface area contributed by atoms with Crippen LogP contribution in [0.3, 0.4) is 0 Å². The van der Waals surface area contributed by atoms with Gasteiger partial charge in [0.1, 0.15) is 0 Å². The van der Waals surface area contributed by atoms with Crippen molar-refractivity contribution in [3.8, 4) is 0 Å². The van der Waals surface area contributed by atoms with Crippen LogP contribution in [0.15, 0.2) is 0 Å². The van der Waals surface area contributed by atoms with Crippen LogP contribution in [0.1, 0.15) is 59.3 Å². The van der Waals surface area contributed by atoms with Crippen LogP contribution >= 0.6 is 0 Å². The maximum absolute atomic E-state index is 11.9. The first-order valence-electron chi connectivity index (χ1n) is 7.95. The first-order chi connectivity index (χ1) is 9.62. The van der Waals surface area contributed by atoms with Gasteiger partial charge >= 0.3 is 11.9 Å². The summed E-state index contributed by atoms with van der Waals surface area (Å²) >= 11 is 0. The molecule has 1 aliphatic rings. The summed E-state index contributed by atoms with van der Waals surface area (Å²) in [6.07, 6.45) is 6.43. The maximum atomic E-state index is 11.9. The van der Waals surface area contributed by atoms with Gasteiger partial charge in [0.2, 0.25) is 0 Å². The third-order valence-corrected chi connectivity index (χ3v) is 4.25. The van der Waals surface area contributed by atoms with E-state index in [9.17, 15) is 9.59 Å². The summed E-state index contributed by atoms with van der Waals surface area (Å²) in [5, 5.41) is 0. The second-order valence-electron chi connectivity index (χ2n) is 5.59. The summed E-state index contributed by atoms with van der Waals surface area (Å²) in [6.45, 7) is 6.35. The molecule has 0 unspecified atom stereocenters. The molecule has 20 heavy (non-hydrogen) atoms. The highest BCUT2D eigenvalue weighted by Gasteiger charge is 2.33. The molecule has 0 aromatic heterocycles. The molecule has 1 saturated carbocycles. The van der Waals surface area contributed by atoms with Crippen molar-refractivity contribution in [2.75, 3.05) is 13.2 Å². The van der Waals surface area contributed by atoms with Gasteiger partial charge in [0, 0.05) is 0 Å². The Bertz CT molecular complexity index is 288. The number of rotatable bonds is 7. The fourth-order valence-electron chi connectivity index (χ4n) is 2.98. The quantitative estimate of drug-likeness (QED) is 0.531. The number of carbonyl (C=O) groups is 2. The zero-order chi connectivity index (χ0) is 15.0. The van der Waals surface area contributed by atoms with Crippen molar-refractivity contribution in [1.29, 1.82) is 0 Å². The SMILES string of the molecule is CCOC(=O)C(CC1CCC(CC)CC1)C(=O)OCC. The van der Waals surface area contributed by atoms with Crippen molar-refractivity contribution in [2.24, 2.45) is 17.8 Å². The smallest absolute Gasteiger partial charge is 0.320 e. The Labute approximate surface area is 122 Å². The molecule has 0 aliphatic heterocycles. The minimum atomic E-state index is -0.738. The van der Waals surface area contributed by atoms with Crippen LogP contribution < -0.4 is 0 Å². The topological polar surface area (TPSA) is 52.6 Å². The van der Waals surface area contributed by atoms with Gasteiger partial charge in [-0.3, -0.25) is 9.59 Å². The number of carbonyl (C=O) groups excluding carboxylic acids is 2. The molecule has 0 aromatic rings. The van der Waals surface area contributed by atoms with E-state index in [-0.39, 0.29) is 0 Å². The fraction of sp³-hybridized carbons (Fsp3) is 0.875. The lowest BCUT2D eigenvalue weighted by Gasteiger charge is -2.29. The summed E-state index contributed by atoms with van der Waals surface area (Å²) in [7, 11) is 0. The average molecular weight is 284 g/mol. The largest absolute Gasteiger partial charge is 0.465 e. The Morgan fingerprint density at radius 2 is 1.35 bits per heavy atom. The molecule has 0 bridgehead atoms. The number of esters is 2. The van der Waals surface area contributed by atoms with Gasteiger partial charge in [0.15, 0.2) is 5.92 Å². The van der Waals surface area contributed by atoms with Gasteiger partial charge < -0.3 is 9.47 Å². The molecular weight excluding hydrogens is 256 g/mol. The predicted molar refractivity (Wildman–Crippen MR) is 77.1 cm³/mol. The minimum absolute atomic E-state index is 0.303. The van der Waals surface area contributed by atoms with E-state index in [1.807, 2.05) is 0 Å². The van der Waals surface area contributed by atoms with Crippen LogP contribution in [-0.4, -0.2) is 25.2 Å². The molecule has 4 heteroatoms. The van der Waals surface area contributed by atoms with Crippen LogP contribution in [0.5, 0.6) is 0 Å². The molecule has 0 saturated heterocycles. The average Bonchev–Trinajstić information content (AvgIpc) is 2.45. The van der Waals surface area contributed by atoms with Crippen LogP contribution in [0.4, 0.5) is 0 Å². The molecule has 4 nitrogen and oxygen atoms in total. The van der Waals surface area contributed by atoms with Gasteiger partial charge in [-0.15, -0.1) is 0 Å². The third kappa shape index (κ3) is 5.14. The zero-order valence-electron chi connectivity index (χ0n) is 13.0.